The Balaban J connectivity index is 2.18. The van der Waals surface area contributed by atoms with Gasteiger partial charge < -0.3 is 4.90 Å². The van der Waals surface area contributed by atoms with Gasteiger partial charge in [0.05, 0.1) is 11.8 Å². The van der Waals surface area contributed by atoms with E-state index in [0.717, 1.165) is 22.9 Å². The molecule has 2 aromatic rings. The second kappa shape index (κ2) is 4.84. The number of aliphatic imine (C=N–C) groups is 1. The normalized spacial score (nSPS) is 15.8. The summed E-state index contributed by atoms with van der Waals surface area (Å²) < 4.78 is 4.03. The van der Waals surface area contributed by atoms with E-state index in [1.165, 1.54) is 11.3 Å². The fraction of sp³-hybridized carbons (Fsp3) is 0.312. The molecule has 0 unspecified atom stereocenters. The fourth-order valence-corrected chi connectivity index (χ4v) is 2.78. The Morgan fingerprint density at radius 1 is 1.24 bits per heavy atom. The van der Waals surface area contributed by atoms with Crippen LogP contribution in [0.2, 0.25) is 0 Å². The molecule has 1 aliphatic heterocycles. The number of benzene rings is 1. The van der Waals surface area contributed by atoms with Gasteiger partial charge in [-0.3, -0.25) is 4.68 Å². The summed E-state index contributed by atoms with van der Waals surface area (Å²) >= 11 is 0. The van der Waals surface area contributed by atoms with Crippen molar-refractivity contribution in [3.05, 3.63) is 36.0 Å². The predicted molar refractivity (Wildman–Crippen MR) is 86.7 cm³/mol. The van der Waals surface area contributed by atoms with E-state index in [4.69, 9.17) is 4.99 Å². The summed E-state index contributed by atoms with van der Waals surface area (Å²) in [5, 5.41) is 4.32. The van der Waals surface area contributed by atoms with Crippen molar-refractivity contribution in [1.82, 2.24) is 9.78 Å². The van der Waals surface area contributed by atoms with Crippen LogP contribution >= 0.6 is 0 Å². The number of aromatic nitrogens is 2. The summed E-state index contributed by atoms with van der Waals surface area (Å²) in [4.78, 5) is 6.92. The number of rotatable bonds is 2. The lowest BCUT2D eigenvalue weighted by Gasteiger charge is -2.13. The lowest BCUT2D eigenvalue weighted by molar-refractivity contribution is -0.400. The van der Waals surface area contributed by atoms with Crippen molar-refractivity contribution in [3.8, 4) is 0 Å². The van der Waals surface area contributed by atoms with Crippen molar-refractivity contribution in [2.45, 2.75) is 6.92 Å². The lowest BCUT2D eigenvalue weighted by atomic mass is 10.1. The van der Waals surface area contributed by atoms with Crippen LogP contribution in [0.3, 0.4) is 0 Å². The van der Waals surface area contributed by atoms with Crippen LogP contribution in [0.4, 0.5) is 17.2 Å². The second-order valence-corrected chi connectivity index (χ2v) is 5.49. The van der Waals surface area contributed by atoms with Crippen molar-refractivity contribution in [3.63, 3.8) is 0 Å². The zero-order valence-corrected chi connectivity index (χ0v) is 13.1. The molecule has 21 heavy (non-hydrogen) atoms. The van der Waals surface area contributed by atoms with Gasteiger partial charge in [-0.15, -0.1) is 0 Å². The number of nitrogens with zero attached hydrogens (tertiary/aromatic N) is 5. The molecule has 1 aliphatic rings. The number of hydrogen-bond acceptors (Lipinski definition) is 3. The number of aryl methyl sites for hydroxylation is 1. The monoisotopic (exact) mass is 282 g/mol. The van der Waals surface area contributed by atoms with E-state index in [9.17, 15) is 0 Å². The standard InChI is InChI=1S/C16H20N5/c1-11-15(12-8-6-7-9-14(12)20(11)4)18-13-10-17-21(5)16(13)19(2)3/h6-10H,1-5H3/q+1. The second-order valence-electron chi connectivity index (χ2n) is 5.49. The Kier molecular flexibility index (Phi) is 3.12. The third kappa shape index (κ3) is 2.05. The highest BCUT2D eigenvalue weighted by atomic mass is 15.4. The molecule has 108 valence electrons. The van der Waals surface area contributed by atoms with E-state index in [-0.39, 0.29) is 0 Å². The quantitative estimate of drug-likeness (QED) is 0.793. The highest BCUT2D eigenvalue weighted by Crippen LogP contribution is 2.31. The zero-order chi connectivity index (χ0) is 15.1. The smallest absolute Gasteiger partial charge is 0.214 e. The van der Waals surface area contributed by atoms with Crippen LogP contribution in [-0.4, -0.2) is 46.9 Å². The average Bonchev–Trinajstić information content (AvgIpc) is 2.94. The van der Waals surface area contributed by atoms with Crippen LogP contribution in [0.1, 0.15) is 12.5 Å². The molecular weight excluding hydrogens is 262 g/mol. The van der Waals surface area contributed by atoms with Crippen LogP contribution in [0.25, 0.3) is 0 Å². The maximum absolute atomic E-state index is 4.89. The van der Waals surface area contributed by atoms with Gasteiger partial charge in [0, 0.05) is 34.1 Å². The van der Waals surface area contributed by atoms with Crippen LogP contribution < -0.4 is 4.90 Å². The van der Waals surface area contributed by atoms with Crippen molar-refractivity contribution < 1.29 is 4.58 Å². The van der Waals surface area contributed by atoms with Crippen molar-refractivity contribution >= 4 is 28.6 Å². The first-order valence-electron chi connectivity index (χ1n) is 6.95. The largest absolute Gasteiger partial charge is 0.361 e. The lowest BCUT2D eigenvalue weighted by Crippen LogP contribution is -2.14. The molecule has 3 rings (SSSR count). The van der Waals surface area contributed by atoms with E-state index < -0.39 is 0 Å². The van der Waals surface area contributed by atoms with Gasteiger partial charge in [-0.1, -0.05) is 12.1 Å². The number of anilines is 1. The Morgan fingerprint density at radius 3 is 2.67 bits per heavy atom. The van der Waals surface area contributed by atoms with Crippen molar-refractivity contribution in [2.24, 2.45) is 12.0 Å². The number of hydrogen-bond donors (Lipinski definition) is 0. The topological polar surface area (TPSA) is 36.4 Å². The van der Waals surface area contributed by atoms with E-state index in [2.05, 4.69) is 47.9 Å². The minimum Gasteiger partial charge on any atom is -0.361 e. The molecule has 0 bridgehead atoms. The molecule has 0 N–H and O–H groups in total. The fourth-order valence-electron chi connectivity index (χ4n) is 2.78. The van der Waals surface area contributed by atoms with Crippen LogP contribution in [0.15, 0.2) is 35.5 Å². The first-order valence-corrected chi connectivity index (χ1v) is 6.95. The Labute approximate surface area is 124 Å². The van der Waals surface area contributed by atoms with Gasteiger partial charge in [0.2, 0.25) is 11.4 Å². The van der Waals surface area contributed by atoms with E-state index in [0.29, 0.717) is 0 Å². The molecule has 0 spiro atoms. The minimum absolute atomic E-state index is 0.891. The molecule has 0 aliphatic carbocycles. The van der Waals surface area contributed by atoms with Gasteiger partial charge in [-0.25, -0.2) is 4.99 Å². The number of para-hydroxylation sites is 1. The Bertz CT molecular complexity index is 765. The average molecular weight is 282 g/mol. The maximum atomic E-state index is 4.89. The highest BCUT2D eigenvalue weighted by Gasteiger charge is 2.30. The molecule has 0 fully saturated rings. The maximum Gasteiger partial charge on any atom is 0.214 e. The van der Waals surface area contributed by atoms with Gasteiger partial charge in [-0.05, 0) is 6.07 Å². The first-order chi connectivity index (χ1) is 10.0. The highest BCUT2D eigenvalue weighted by molar-refractivity contribution is 6.49. The van der Waals surface area contributed by atoms with Gasteiger partial charge in [-0.2, -0.15) is 9.67 Å². The first kappa shape index (κ1) is 13.5. The van der Waals surface area contributed by atoms with Crippen molar-refractivity contribution in [1.29, 1.82) is 0 Å². The van der Waals surface area contributed by atoms with Crippen LogP contribution in [0, 0.1) is 0 Å². The molecule has 0 saturated heterocycles. The molecule has 0 atom stereocenters. The minimum atomic E-state index is 0.891. The molecule has 0 radical (unpaired) electrons. The van der Waals surface area contributed by atoms with E-state index in [1.807, 2.05) is 36.9 Å². The molecule has 1 aromatic heterocycles. The molecule has 0 saturated carbocycles. The zero-order valence-electron chi connectivity index (χ0n) is 13.1. The van der Waals surface area contributed by atoms with E-state index >= 15 is 0 Å². The SMILES string of the molecule is CC1=[N+](C)c2ccccc2/C1=N/c1cnn(C)c1N(C)C. The van der Waals surface area contributed by atoms with Gasteiger partial charge >= 0.3 is 0 Å². The van der Waals surface area contributed by atoms with E-state index in [1.54, 1.807) is 0 Å². The van der Waals surface area contributed by atoms with Crippen LogP contribution in [-0.2, 0) is 7.05 Å². The third-order valence-corrected chi connectivity index (χ3v) is 3.91. The summed E-state index contributed by atoms with van der Waals surface area (Å²) in [7, 11) is 8.02. The molecule has 5 nitrogen and oxygen atoms in total. The van der Waals surface area contributed by atoms with Crippen LogP contribution in [0.5, 0.6) is 0 Å². The molecule has 0 amide bonds. The summed E-state index contributed by atoms with van der Waals surface area (Å²) in [6, 6.07) is 8.35. The molecule has 2 heterocycles. The van der Waals surface area contributed by atoms with Gasteiger partial charge in [0.1, 0.15) is 18.4 Å². The summed E-state index contributed by atoms with van der Waals surface area (Å²) in [6.07, 6.45) is 1.82. The Morgan fingerprint density at radius 2 is 1.95 bits per heavy atom. The van der Waals surface area contributed by atoms with Crippen molar-refractivity contribution in [2.75, 3.05) is 26.0 Å². The summed E-state index contributed by atoms with van der Waals surface area (Å²) in [5.74, 6) is 1.00. The molecule has 1 aromatic carbocycles. The number of fused-ring (bicyclic) bond motifs is 1. The molecule has 5 heteroatoms. The molecular formula is C16H20N5+. The van der Waals surface area contributed by atoms with Gasteiger partial charge in [0.25, 0.3) is 0 Å². The third-order valence-electron chi connectivity index (χ3n) is 3.91. The predicted octanol–water partition coefficient (Wildman–Crippen LogP) is 2.36. The summed E-state index contributed by atoms with van der Waals surface area (Å²) in [6.45, 7) is 2.10. The Hall–Kier alpha value is -2.43. The summed E-state index contributed by atoms with van der Waals surface area (Å²) in [5.41, 5.74) is 5.44. The van der Waals surface area contributed by atoms with Gasteiger partial charge in [0.15, 0.2) is 5.82 Å².